The van der Waals surface area contributed by atoms with E-state index in [1.807, 2.05) is 39.4 Å². The Morgan fingerprint density at radius 2 is 1.97 bits per heavy atom. The van der Waals surface area contributed by atoms with Gasteiger partial charge in [0.25, 0.3) is 0 Å². The van der Waals surface area contributed by atoms with Gasteiger partial charge in [-0.3, -0.25) is 4.98 Å². The Bertz CT molecular complexity index is 1030. The zero-order valence-corrected chi connectivity index (χ0v) is 18.6. The second-order valence-electron chi connectivity index (χ2n) is 7.18. The molecule has 1 aliphatic rings. The highest BCUT2D eigenvalue weighted by Gasteiger charge is 2.21. The summed E-state index contributed by atoms with van der Waals surface area (Å²) in [5.41, 5.74) is 4.07. The molecule has 0 unspecified atom stereocenters. The van der Waals surface area contributed by atoms with Crippen LogP contribution in [-0.4, -0.2) is 39.4 Å². The topological polar surface area (TPSA) is 75.9 Å². The van der Waals surface area contributed by atoms with Gasteiger partial charge in [0.05, 0.1) is 17.3 Å². The summed E-state index contributed by atoms with van der Waals surface area (Å²) in [5, 5.41) is 3.71. The lowest BCUT2D eigenvalue weighted by Gasteiger charge is -2.28. The van der Waals surface area contributed by atoms with E-state index >= 15 is 0 Å². The summed E-state index contributed by atoms with van der Waals surface area (Å²) in [6.07, 6.45) is 7.15. The highest BCUT2D eigenvalue weighted by atomic mass is 35.5. The van der Waals surface area contributed by atoms with Crippen molar-refractivity contribution in [3.63, 3.8) is 0 Å². The third kappa shape index (κ3) is 4.79. The molecular formula is C22H27ClN6O. The average Bonchev–Trinajstić information content (AvgIpc) is 3.17. The van der Waals surface area contributed by atoms with E-state index < -0.39 is 0 Å². The Morgan fingerprint density at radius 1 is 1.20 bits per heavy atom. The van der Waals surface area contributed by atoms with Crippen LogP contribution in [0.4, 0.5) is 11.6 Å². The molecule has 1 aliphatic heterocycles. The fraction of sp³-hybridized carbons (Fsp3) is 0.364. The van der Waals surface area contributed by atoms with Crippen LogP contribution < -0.4 is 10.2 Å². The van der Waals surface area contributed by atoms with Crippen molar-refractivity contribution in [3.05, 3.63) is 52.7 Å². The van der Waals surface area contributed by atoms with Crippen molar-refractivity contribution >= 4 is 29.5 Å². The number of hydrogen-bond donors (Lipinski definition) is 1. The predicted octanol–water partition coefficient (Wildman–Crippen LogP) is 4.27. The molecule has 1 N–H and O–H groups in total. The third-order valence-electron chi connectivity index (χ3n) is 4.86. The molecule has 7 nitrogen and oxygen atoms in total. The monoisotopic (exact) mass is 426 g/mol. The van der Waals surface area contributed by atoms with E-state index in [1.54, 1.807) is 6.20 Å². The van der Waals surface area contributed by atoms with Crippen LogP contribution in [0.1, 0.15) is 30.3 Å². The lowest BCUT2D eigenvalue weighted by molar-refractivity contribution is -0.107. The van der Waals surface area contributed by atoms with Crippen LogP contribution in [0.25, 0.3) is 11.3 Å². The zero-order valence-electron chi connectivity index (χ0n) is 17.8. The molecule has 0 saturated carbocycles. The van der Waals surface area contributed by atoms with Gasteiger partial charge in [-0.1, -0.05) is 24.6 Å². The van der Waals surface area contributed by atoms with Crippen LogP contribution >= 0.6 is 11.6 Å². The number of aldehydes is 1. The molecule has 0 bridgehead atoms. The zero-order chi connectivity index (χ0) is 21.7. The van der Waals surface area contributed by atoms with E-state index in [0.29, 0.717) is 11.4 Å². The van der Waals surface area contributed by atoms with Crippen LogP contribution in [0.2, 0.25) is 5.02 Å². The fourth-order valence-corrected chi connectivity index (χ4v) is 3.54. The number of aryl methyl sites for hydroxylation is 2. The van der Waals surface area contributed by atoms with E-state index in [9.17, 15) is 4.79 Å². The molecule has 3 aromatic heterocycles. The quantitative estimate of drug-likeness (QED) is 0.628. The van der Waals surface area contributed by atoms with Gasteiger partial charge in [-0.25, -0.2) is 9.97 Å². The number of anilines is 2. The fourth-order valence-electron chi connectivity index (χ4n) is 3.35. The van der Waals surface area contributed by atoms with Crippen molar-refractivity contribution in [2.24, 2.45) is 0 Å². The molecule has 3 aromatic rings. The molecule has 158 valence electrons. The van der Waals surface area contributed by atoms with Gasteiger partial charge in [-0.2, -0.15) is 0 Å². The maximum Gasteiger partial charge on any atom is 0.144 e. The Hall–Kier alpha value is -2.93. The summed E-state index contributed by atoms with van der Waals surface area (Å²) < 4.78 is 2.19. The molecule has 0 aromatic carbocycles. The molecule has 8 heteroatoms. The van der Waals surface area contributed by atoms with Gasteiger partial charge in [0.1, 0.15) is 23.7 Å². The van der Waals surface area contributed by atoms with E-state index in [-0.39, 0.29) is 0 Å². The lowest BCUT2D eigenvalue weighted by atomic mass is 10.1. The summed E-state index contributed by atoms with van der Waals surface area (Å²) in [5.74, 6) is 2.82. The number of nitrogens with zero attached hydrogens (tertiary/aromatic N) is 5. The molecule has 0 spiro atoms. The number of halogens is 1. The molecule has 30 heavy (non-hydrogen) atoms. The third-order valence-corrected chi connectivity index (χ3v) is 5.16. The first-order valence-corrected chi connectivity index (χ1v) is 10.4. The molecule has 0 fully saturated rings. The molecule has 0 saturated heterocycles. The molecule has 4 rings (SSSR count). The van der Waals surface area contributed by atoms with E-state index in [1.165, 1.54) is 0 Å². The normalized spacial score (nSPS) is 12.6. The SMILES string of the molecule is CCC=O.CNc1cn2c(n1)CN(c1cc(-c3ncc(C)cc3C)c(Cl)cn1)CC2. The summed E-state index contributed by atoms with van der Waals surface area (Å²) in [6, 6.07) is 4.15. The lowest BCUT2D eigenvalue weighted by Crippen LogP contribution is -2.34. The van der Waals surface area contributed by atoms with E-state index in [2.05, 4.69) is 42.7 Å². The van der Waals surface area contributed by atoms with Crippen LogP contribution in [0.5, 0.6) is 0 Å². The Labute approximate surface area is 182 Å². The molecule has 0 radical (unpaired) electrons. The predicted molar refractivity (Wildman–Crippen MR) is 121 cm³/mol. The molecule has 0 amide bonds. The summed E-state index contributed by atoms with van der Waals surface area (Å²) >= 11 is 6.44. The minimum Gasteiger partial charge on any atom is -0.372 e. The van der Waals surface area contributed by atoms with Crippen molar-refractivity contribution in [1.82, 2.24) is 19.5 Å². The number of carbonyl (C=O) groups is 1. The highest BCUT2D eigenvalue weighted by molar-refractivity contribution is 6.33. The maximum absolute atomic E-state index is 9.17. The van der Waals surface area contributed by atoms with Gasteiger partial charge in [-0.15, -0.1) is 0 Å². The van der Waals surface area contributed by atoms with Crippen molar-refractivity contribution in [2.75, 3.05) is 23.8 Å². The van der Waals surface area contributed by atoms with Crippen molar-refractivity contribution < 1.29 is 4.79 Å². The number of pyridine rings is 2. The van der Waals surface area contributed by atoms with Gasteiger partial charge in [-0.05, 0) is 31.0 Å². The smallest absolute Gasteiger partial charge is 0.144 e. The van der Waals surface area contributed by atoms with Crippen LogP contribution in [-0.2, 0) is 17.9 Å². The second-order valence-corrected chi connectivity index (χ2v) is 7.59. The van der Waals surface area contributed by atoms with Gasteiger partial charge in [0, 0.05) is 50.7 Å². The largest absolute Gasteiger partial charge is 0.372 e. The number of fused-ring (bicyclic) bond motifs is 1. The minimum absolute atomic E-state index is 0.615. The Balaban J connectivity index is 0.000000589. The Morgan fingerprint density at radius 3 is 2.63 bits per heavy atom. The number of imidazole rings is 1. The number of aromatic nitrogens is 4. The van der Waals surface area contributed by atoms with Crippen LogP contribution in [0, 0.1) is 13.8 Å². The van der Waals surface area contributed by atoms with Crippen LogP contribution in [0.3, 0.4) is 0 Å². The van der Waals surface area contributed by atoms with E-state index in [0.717, 1.165) is 65.8 Å². The first-order valence-electron chi connectivity index (χ1n) is 9.98. The van der Waals surface area contributed by atoms with Crippen molar-refractivity contribution in [2.45, 2.75) is 40.3 Å². The molecular weight excluding hydrogens is 400 g/mol. The van der Waals surface area contributed by atoms with Gasteiger partial charge >= 0.3 is 0 Å². The van der Waals surface area contributed by atoms with Crippen molar-refractivity contribution in [3.8, 4) is 11.3 Å². The van der Waals surface area contributed by atoms with Gasteiger partial charge in [0.15, 0.2) is 0 Å². The van der Waals surface area contributed by atoms with Crippen LogP contribution in [0.15, 0.2) is 30.7 Å². The molecule has 0 aliphatic carbocycles. The van der Waals surface area contributed by atoms with Gasteiger partial charge in [0.2, 0.25) is 0 Å². The molecule has 4 heterocycles. The number of rotatable bonds is 4. The van der Waals surface area contributed by atoms with Crippen molar-refractivity contribution in [1.29, 1.82) is 0 Å². The number of carbonyl (C=O) groups excluding carboxylic acids is 1. The first kappa shape index (κ1) is 21.8. The minimum atomic E-state index is 0.615. The number of hydrogen-bond acceptors (Lipinski definition) is 6. The standard InChI is InChI=1S/C19H21ClN6.C3H6O/c1-12-6-13(2)19(23-8-12)14-7-17(22-9-15(14)20)26-5-4-25-10-16(21-3)24-18(25)11-26;1-2-3-4/h6-10,21H,4-5,11H2,1-3H3;3H,2H2,1H3. The summed E-state index contributed by atoms with van der Waals surface area (Å²) in [7, 11) is 1.88. The second kappa shape index (κ2) is 9.71. The van der Waals surface area contributed by atoms with Gasteiger partial charge < -0.3 is 19.6 Å². The summed E-state index contributed by atoms with van der Waals surface area (Å²) in [4.78, 5) is 25.2. The first-order chi connectivity index (χ1) is 14.5. The summed E-state index contributed by atoms with van der Waals surface area (Å²) in [6.45, 7) is 8.39. The highest BCUT2D eigenvalue weighted by Crippen LogP contribution is 2.32. The van der Waals surface area contributed by atoms with E-state index in [4.69, 9.17) is 11.6 Å². The number of nitrogens with one attached hydrogen (secondary N) is 1. The average molecular weight is 427 g/mol. The maximum atomic E-state index is 9.17. The Kier molecular flexibility index (Phi) is 7.05. The molecule has 0 atom stereocenters.